The molecule has 2 rings (SSSR count). The quantitative estimate of drug-likeness (QED) is 0.705. The van der Waals surface area contributed by atoms with Crippen molar-refractivity contribution in [3.8, 4) is 0 Å². The second-order valence-electron chi connectivity index (χ2n) is 4.96. The molecule has 0 saturated carbocycles. The van der Waals surface area contributed by atoms with Gasteiger partial charge in [-0.25, -0.2) is 4.79 Å². The highest BCUT2D eigenvalue weighted by Gasteiger charge is 2.29. The van der Waals surface area contributed by atoms with Gasteiger partial charge in [-0.3, -0.25) is 4.79 Å². The third-order valence-corrected chi connectivity index (χ3v) is 3.72. The molecule has 0 aromatic rings. The van der Waals surface area contributed by atoms with E-state index >= 15 is 0 Å². The molecule has 0 amide bonds. The van der Waals surface area contributed by atoms with Crippen LogP contribution in [0.5, 0.6) is 0 Å². The van der Waals surface area contributed by atoms with Crippen LogP contribution in [0.4, 0.5) is 0 Å². The fourth-order valence-corrected chi connectivity index (χ4v) is 2.83. The van der Waals surface area contributed by atoms with Crippen LogP contribution in [0.1, 0.15) is 52.4 Å². The number of hydrogen-bond donors (Lipinski definition) is 0. The summed E-state index contributed by atoms with van der Waals surface area (Å²) in [5.41, 5.74) is 3.68. The summed E-state index contributed by atoms with van der Waals surface area (Å²) in [7, 11) is 0. The van der Waals surface area contributed by atoms with E-state index in [1.165, 1.54) is 0 Å². The van der Waals surface area contributed by atoms with Crippen molar-refractivity contribution in [2.24, 2.45) is 0 Å². The Hall–Kier alpha value is -1.38. The van der Waals surface area contributed by atoms with Gasteiger partial charge in [-0.05, 0) is 51.5 Å². The molecule has 0 atom stereocenters. The number of ether oxygens (including phenoxy) is 1. The van der Waals surface area contributed by atoms with Crippen LogP contribution in [-0.4, -0.2) is 18.4 Å². The third-order valence-electron chi connectivity index (χ3n) is 3.72. The predicted octanol–water partition coefficient (Wildman–Crippen LogP) is 3.10. The van der Waals surface area contributed by atoms with Crippen molar-refractivity contribution < 1.29 is 14.3 Å². The van der Waals surface area contributed by atoms with Gasteiger partial charge in [0.15, 0.2) is 5.78 Å². The second-order valence-corrected chi connectivity index (χ2v) is 4.96. The van der Waals surface area contributed by atoms with Crippen LogP contribution in [-0.2, 0) is 14.3 Å². The molecule has 0 aromatic heterocycles. The Balaban J connectivity index is 2.43. The Morgan fingerprint density at radius 1 is 1.17 bits per heavy atom. The smallest absolute Gasteiger partial charge is 0.334 e. The van der Waals surface area contributed by atoms with Crippen molar-refractivity contribution in [3.63, 3.8) is 0 Å². The molecule has 0 bridgehead atoms. The molecule has 3 heteroatoms. The molecule has 2 aliphatic carbocycles. The first-order valence-electron chi connectivity index (χ1n) is 6.77. The number of rotatable bonds is 2. The van der Waals surface area contributed by atoms with Crippen LogP contribution in [0.2, 0.25) is 0 Å². The molecule has 0 saturated heterocycles. The molecule has 0 aromatic carbocycles. The molecule has 18 heavy (non-hydrogen) atoms. The molecular weight excluding hydrogens is 228 g/mol. The van der Waals surface area contributed by atoms with Gasteiger partial charge in [-0.2, -0.15) is 0 Å². The number of esters is 1. The van der Waals surface area contributed by atoms with E-state index in [1.54, 1.807) is 0 Å². The van der Waals surface area contributed by atoms with E-state index < -0.39 is 0 Å². The molecule has 0 N–H and O–H groups in total. The van der Waals surface area contributed by atoms with E-state index in [1.807, 2.05) is 13.8 Å². The highest BCUT2D eigenvalue weighted by atomic mass is 16.5. The molecule has 0 heterocycles. The summed E-state index contributed by atoms with van der Waals surface area (Å²) in [6.45, 7) is 4.21. The van der Waals surface area contributed by atoms with Crippen LogP contribution < -0.4 is 0 Å². The van der Waals surface area contributed by atoms with E-state index in [2.05, 4.69) is 0 Å². The van der Waals surface area contributed by atoms with Crippen LogP contribution in [0.25, 0.3) is 0 Å². The highest BCUT2D eigenvalue weighted by Crippen LogP contribution is 2.38. The van der Waals surface area contributed by atoms with Crippen molar-refractivity contribution in [2.45, 2.75) is 52.4 Å². The van der Waals surface area contributed by atoms with Gasteiger partial charge in [0.25, 0.3) is 0 Å². The second kappa shape index (κ2) is 5.51. The Morgan fingerprint density at radius 2 is 1.89 bits per heavy atom. The predicted molar refractivity (Wildman–Crippen MR) is 69.1 cm³/mol. The monoisotopic (exact) mass is 248 g/mol. The van der Waals surface area contributed by atoms with Crippen molar-refractivity contribution in [1.82, 2.24) is 0 Å². The van der Waals surface area contributed by atoms with Gasteiger partial charge in [0, 0.05) is 17.6 Å². The summed E-state index contributed by atoms with van der Waals surface area (Å²) in [4.78, 5) is 24.1. The standard InChI is InChI=1S/C15H20O3/c1-3-18-15(17)12-6-4-5-7-13(16)14-10(2)8-9-11(12)14/h3-9H2,1-2H3/b12-11+. The van der Waals surface area contributed by atoms with Crippen molar-refractivity contribution in [3.05, 3.63) is 22.3 Å². The zero-order valence-electron chi connectivity index (χ0n) is 11.2. The Labute approximate surface area is 108 Å². The van der Waals surface area contributed by atoms with Gasteiger partial charge in [0.1, 0.15) is 0 Å². The maximum absolute atomic E-state index is 12.1. The minimum absolute atomic E-state index is 0.210. The number of carbonyl (C=O) groups is 2. The Bertz CT molecular complexity index is 441. The van der Waals surface area contributed by atoms with Crippen LogP contribution in [0.3, 0.4) is 0 Å². The van der Waals surface area contributed by atoms with E-state index in [4.69, 9.17) is 4.74 Å². The number of fused-ring (bicyclic) bond motifs is 1. The van der Waals surface area contributed by atoms with Gasteiger partial charge >= 0.3 is 5.97 Å². The lowest BCUT2D eigenvalue weighted by Gasteiger charge is -2.16. The average Bonchev–Trinajstić information content (AvgIpc) is 2.68. The molecule has 0 fully saturated rings. The van der Waals surface area contributed by atoms with E-state index in [0.29, 0.717) is 13.0 Å². The first-order chi connectivity index (χ1) is 8.65. The first kappa shape index (κ1) is 13.1. The maximum atomic E-state index is 12.1. The van der Waals surface area contributed by atoms with E-state index in [9.17, 15) is 9.59 Å². The zero-order chi connectivity index (χ0) is 13.1. The minimum Gasteiger partial charge on any atom is -0.463 e. The SMILES string of the molecule is CCOC(=O)/C1=C2\CCC(C)=C2C(=O)CCCC1. The normalized spacial score (nSPS) is 24.7. The van der Waals surface area contributed by atoms with E-state index in [-0.39, 0.29) is 11.8 Å². The van der Waals surface area contributed by atoms with Crippen LogP contribution in [0.15, 0.2) is 22.3 Å². The van der Waals surface area contributed by atoms with Crippen molar-refractivity contribution in [1.29, 1.82) is 0 Å². The fourth-order valence-electron chi connectivity index (χ4n) is 2.83. The summed E-state index contributed by atoms with van der Waals surface area (Å²) in [5, 5.41) is 0. The van der Waals surface area contributed by atoms with Gasteiger partial charge in [0.05, 0.1) is 6.61 Å². The maximum Gasteiger partial charge on any atom is 0.334 e. The van der Waals surface area contributed by atoms with Crippen LogP contribution >= 0.6 is 0 Å². The fraction of sp³-hybridized carbons (Fsp3) is 0.600. The minimum atomic E-state index is -0.227. The van der Waals surface area contributed by atoms with Crippen molar-refractivity contribution >= 4 is 11.8 Å². The topological polar surface area (TPSA) is 43.4 Å². The summed E-state index contributed by atoms with van der Waals surface area (Å²) in [6.07, 6.45) is 4.85. The summed E-state index contributed by atoms with van der Waals surface area (Å²) in [6, 6.07) is 0. The Morgan fingerprint density at radius 3 is 2.61 bits per heavy atom. The number of ketones is 1. The molecule has 0 aliphatic heterocycles. The van der Waals surface area contributed by atoms with Gasteiger partial charge in [-0.15, -0.1) is 0 Å². The lowest BCUT2D eigenvalue weighted by molar-refractivity contribution is -0.138. The van der Waals surface area contributed by atoms with Gasteiger partial charge in [0.2, 0.25) is 0 Å². The molecule has 3 nitrogen and oxygen atoms in total. The summed E-state index contributed by atoms with van der Waals surface area (Å²) in [5.74, 6) is -0.0177. The average molecular weight is 248 g/mol. The van der Waals surface area contributed by atoms with Crippen LogP contribution in [0, 0.1) is 0 Å². The number of carbonyl (C=O) groups excluding carboxylic acids is 2. The van der Waals surface area contributed by atoms with E-state index in [0.717, 1.165) is 54.4 Å². The van der Waals surface area contributed by atoms with Gasteiger partial charge in [-0.1, -0.05) is 5.57 Å². The van der Waals surface area contributed by atoms with Crippen molar-refractivity contribution in [2.75, 3.05) is 6.61 Å². The molecule has 0 unspecified atom stereocenters. The number of Topliss-reactive ketones (excluding diaryl/α,β-unsaturated/α-hetero) is 1. The zero-order valence-corrected chi connectivity index (χ0v) is 11.2. The number of hydrogen-bond acceptors (Lipinski definition) is 3. The number of allylic oxidation sites excluding steroid dienone is 3. The molecule has 0 radical (unpaired) electrons. The molecule has 98 valence electrons. The third kappa shape index (κ3) is 2.40. The van der Waals surface area contributed by atoms with Gasteiger partial charge < -0.3 is 4.74 Å². The molecular formula is C15H20O3. The lowest BCUT2D eigenvalue weighted by atomic mass is 9.89. The Kier molecular flexibility index (Phi) is 4.00. The molecule has 2 aliphatic rings. The highest BCUT2D eigenvalue weighted by molar-refractivity contribution is 6.04. The molecule has 0 spiro atoms. The summed E-state index contributed by atoms with van der Waals surface area (Å²) < 4.78 is 5.13. The largest absolute Gasteiger partial charge is 0.463 e. The first-order valence-corrected chi connectivity index (χ1v) is 6.77. The summed E-state index contributed by atoms with van der Waals surface area (Å²) >= 11 is 0. The lowest BCUT2D eigenvalue weighted by Crippen LogP contribution is -2.15.